The minimum atomic E-state index is -4.77. The summed E-state index contributed by atoms with van der Waals surface area (Å²) in [5.74, 6) is -1.11. The maximum atomic E-state index is 13.6. The summed E-state index contributed by atoms with van der Waals surface area (Å²) in [5.41, 5.74) is -1.86. The van der Waals surface area contributed by atoms with Crippen LogP contribution in [-0.4, -0.2) is 76.9 Å². The molecule has 12 heteroatoms. The van der Waals surface area contributed by atoms with Crippen molar-refractivity contribution < 1.29 is 33.0 Å². The van der Waals surface area contributed by atoms with E-state index < -0.39 is 34.9 Å². The molecule has 0 bridgehead atoms. The van der Waals surface area contributed by atoms with Gasteiger partial charge in [-0.2, -0.15) is 18.4 Å². The fraction of sp³-hybridized carbons (Fsp3) is 0.516. The zero-order valence-electron chi connectivity index (χ0n) is 24.0. The van der Waals surface area contributed by atoms with Crippen LogP contribution in [0.15, 0.2) is 42.5 Å². The monoisotopic (exact) mass is 601 g/mol. The van der Waals surface area contributed by atoms with Gasteiger partial charge in [-0.1, -0.05) is 43.5 Å². The van der Waals surface area contributed by atoms with Gasteiger partial charge in [-0.25, -0.2) is 4.79 Å². The van der Waals surface area contributed by atoms with Gasteiger partial charge >= 0.3 is 12.3 Å². The first kappa shape index (κ1) is 32.3. The second-order valence-electron chi connectivity index (χ2n) is 11.4. The molecule has 4 N–H and O–H groups in total. The average molecular weight is 602 g/mol. The molecule has 2 aromatic carbocycles. The molecule has 2 fully saturated rings. The number of halogens is 3. The molecule has 1 aliphatic carbocycles. The van der Waals surface area contributed by atoms with E-state index in [9.17, 15) is 27.9 Å². The van der Waals surface area contributed by atoms with Crippen LogP contribution >= 0.6 is 0 Å². The van der Waals surface area contributed by atoms with Crippen LogP contribution in [0.25, 0.3) is 0 Å². The van der Waals surface area contributed by atoms with E-state index in [1.807, 2.05) is 24.3 Å². The van der Waals surface area contributed by atoms with Crippen molar-refractivity contribution in [2.24, 2.45) is 5.92 Å². The number of amides is 2. The van der Waals surface area contributed by atoms with E-state index in [2.05, 4.69) is 20.4 Å². The summed E-state index contributed by atoms with van der Waals surface area (Å²) < 4.78 is 40.6. The van der Waals surface area contributed by atoms with Crippen LogP contribution < -0.4 is 10.6 Å². The molecular formula is C31H38F3N5O4. The van der Waals surface area contributed by atoms with Crippen molar-refractivity contribution in [1.82, 2.24) is 15.1 Å². The predicted molar refractivity (Wildman–Crippen MR) is 154 cm³/mol. The normalized spacial score (nSPS) is 18.4. The topological polar surface area (TPSA) is 129 Å². The number of benzene rings is 2. The summed E-state index contributed by atoms with van der Waals surface area (Å²) >= 11 is 0. The lowest BCUT2D eigenvalue weighted by atomic mass is 9.73. The summed E-state index contributed by atoms with van der Waals surface area (Å²) in [4.78, 5) is 28.8. The number of hydrogen-bond donors (Lipinski definition) is 4. The smallest absolute Gasteiger partial charge is 0.417 e. The second-order valence-corrected chi connectivity index (χ2v) is 11.4. The summed E-state index contributed by atoms with van der Waals surface area (Å²) in [7, 11) is 0. The Hall–Kier alpha value is -3.66. The largest absolute Gasteiger partial charge is 0.465 e. The number of carbonyl (C=O) groups is 2. The van der Waals surface area contributed by atoms with E-state index in [1.165, 1.54) is 12.1 Å². The Morgan fingerprint density at radius 3 is 2.30 bits per heavy atom. The molecule has 1 aliphatic heterocycles. The van der Waals surface area contributed by atoms with Crippen LogP contribution in [0.5, 0.6) is 0 Å². The molecule has 0 aromatic heterocycles. The van der Waals surface area contributed by atoms with E-state index in [4.69, 9.17) is 10.4 Å². The van der Waals surface area contributed by atoms with Gasteiger partial charge in [-0.15, -0.1) is 0 Å². The molecule has 0 radical (unpaired) electrons. The maximum Gasteiger partial charge on any atom is 0.417 e. The van der Waals surface area contributed by atoms with Gasteiger partial charge in [0, 0.05) is 57.9 Å². The highest BCUT2D eigenvalue weighted by molar-refractivity contribution is 5.97. The Labute approximate surface area is 249 Å². The van der Waals surface area contributed by atoms with E-state index in [1.54, 1.807) is 0 Å². The molecule has 0 spiro atoms. The number of piperazine rings is 1. The first-order valence-electron chi connectivity index (χ1n) is 14.6. The SMILES string of the molecule is N#Cc1ccc(NC(=O)C(O)(Cc2cccc(CN3CCN(CCNC(=O)O)CC3)c2)C2CCCCC2)cc1C(F)(F)F. The number of nitrogens with one attached hydrogen (secondary N) is 2. The van der Waals surface area contributed by atoms with Crippen molar-refractivity contribution in [2.75, 3.05) is 44.6 Å². The number of alkyl halides is 3. The van der Waals surface area contributed by atoms with Crippen LogP contribution in [0, 0.1) is 17.2 Å². The molecule has 2 aliphatic rings. The number of hydrogen-bond acceptors (Lipinski definition) is 6. The molecule has 2 amide bonds. The lowest BCUT2D eigenvalue weighted by Gasteiger charge is -2.37. The highest BCUT2D eigenvalue weighted by Gasteiger charge is 2.44. The first-order chi connectivity index (χ1) is 20.5. The fourth-order valence-corrected chi connectivity index (χ4v) is 6.08. The minimum Gasteiger partial charge on any atom is -0.465 e. The number of carboxylic acid groups (broad SMARTS) is 1. The molecule has 1 atom stereocenters. The van der Waals surface area contributed by atoms with Gasteiger partial charge in [0.2, 0.25) is 0 Å². The molecule has 1 unspecified atom stereocenters. The summed E-state index contributed by atoms with van der Waals surface area (Å²) in [6, 6.07) is 12.2. The zero-order chi connectivity index (χ0) is 31.0. The van der Waals surface area contributed by atoms with Gasteiger partial charge in [0.15, 0.2) is 0 Å². The Balaban J connectivity index is 1.46. The van der Waals surface area contributed by atoms with Crippen LogP contribution in [0.3, 0.4) is 0 Å². The van der Waals surface area contributed by atoms with E-state index in [0.29, 0.717) is 32.5 Å². The van der Waals surface area contributed by atoms with Crippen LogP contribution in [-0.2, 0) is 23.9 Å². The van der Waals surface area contributed by atoms with Crippen molar-refractivity contribution in [3.63, 3.8) is 0 Å². The van der Waals surface area contributed by atoms with Crippen molar-refractivity contribution in [2.45, 2.75) is 56.8 Å². The highest BCUT2D eigenvalue weighted by Crippen LogP contribution is 2.37. The number of nitrogens with zero attached hydrogens (tertiary/aromatic N) is 3. The summed E-state index contributed by atoms with van der Waals surface area (Å²) in [6.07, 6.45) is -1.80. The standard InChI is InChI=1S/C31H38F3N5O4/c32-31(33,34)27-18-26(10-9-24(27)20-35)37-28(40)30(43,25-7-2-1-3-8-25)19-22-5-4-6-23(17-22)21-39-15-13-38(14-16-39)12-11-36-29(41)42/h4-6,9-10,17-18,25,36,43H,1-3,7-8,11-16,19,21H2,(H,37,40)(H,41,42). The number of anilines is 1. The molecule has 232 valence electrons. The van der Waals surface area contributed by atoms with Crippen LogP contribution in [0.4, 0.5) is 23.7 Å². The van der Waals surface area contributed by atoms with E-state index in [-0.39, 0.29) is 18.0 Å². The third-order valence-electron chi connectivity index (χ3n) is 8.42. The van der Waals surface area contributed by atoms with E-state index in [0.717, 1.165) is 68.7 Å². The maximum absolute atomic E-state index is 13.6. The average Bonchev–Trinajstić information content (AvgIpc) is 2.98. The van der Waals surface area contributed by atoms with Gasteiger partial charge in [0.05, 0.1) is 17.2 Å². The van der Waals surface area contributed by atoms with Crippen molar-refractivity contribution in [3.8, 4) is 6.07 Å². The Kier molecular flexibility index (Phi) is 10.7. The molecule has 9 nitrogen and oxygen atoms in total. The van der Waals surface area contributed by atoms with Crippen LogP contribution in [0.1, 0.15) is 54.4 Å². The van der Waals surface area contributed by atoms with Gasteiger partial charge in [-0.05, 0) is 48.1 Å². The fourth-order valence-electron chi connectivity index (χ4n) is 6.08. The number of aliphatic hydroxyl groups is 1. The predicted octanol–water partition coefficient (Wildman–Crippen LogP) is 4.45. The number of rotatable bonds is 10. The highest BCUT2D eigenvalue weighted by atomic mass is 19.4. The van der Waals surface area contributed by atoms with Gasteiger partial charge in [-0.3, -0.25) is 14.6 Å². The molecule has 1 heterocycles. The Morgan fingerprint density at radius 2 is 1.65 bits per heavy atom. The minimum absolute atomic E-state index is 0.0180. The summed E-state index contributed by atoms with van der Waals surface area (Å²) in [5, 5.41) is 34.7. The van der Waals surface area contributed by atoms with E-state index >= 15 is 0 Å². The first-order valence-corrected chi connectivity index (χ1v) is 14.6. The third-order valence-corrected chi connectivity index (χ3v) is 8.42. The van der Waals surface area contributed by atoms with Gasteiger partial charge < -0.3 is 20.8 Å². The van der Waals surface area contributed by atoms with Gasteiger partial charge in [0.25, 0.3) is 5.91 Å². The third kappa shape index (κ3) is 8.69. The van der Waals surface area contributed by atoms with Gasteiger partial charge in [0.1, 0.15) is 5.60 Å². The zero-order valence-corrected chi connectivity index (χ0v) is 24.0. The molecule has 43 heavy (non-hydrogen) atoms. The molecular weight excluding hydrogens is 563 g/mol. The molecule has 1 saturated heterocycles. The second kappa shape index (κ2) is 14.2. The molecule has 4 rings (SSSR count). The lowest BCUT2D eigenvalue weighted by Crippen LogP contribution is -2.51. The molecule has 1 saturated carbocycles. The van der Waals surface area contributed by atoms with Crippen molar-refractivity contribution >= 4 is 17.7 Å². The number of carbonyl (C=O) groups excluding carboxylic acids is 1. The Bertz CT molecular complexity index is 1320. The lowest BCUT2D eigenvalue weighted by molar-refractivity contribution is -0.142. The van der Waals surface area contributed by atoms with Crippen molar-refractivity contribution in [3.05, 3.63) is 64.7 Å². The summed E-state index contributed by atoms with van der Waals surface area (Å²) in [6.45, 7) is 4.96. The Morgan fingerprint density at radius 1 is 0.977 bits per heavy atom. The molecule has 2 aromatic rings. The quantitative estimate of drug-likeness (QED) is 0.317. The number of nitriles is 1. The van der Waals surface area contributed by atoms with Crippen LogP contribution in [0.2, 0.25) is 0 Å². The van der Waals surface area contributed by atoms with Crippen molar-refractivity contribution in [1.29, 1.82) is 5.26 Å².